The van der Waals surface area contributed by atoms with Gasteiger partial charge in [0.15, 0.2) is 0 Å². The Morgan fingerprint density at radius 3 is 2.68 bits per heavy atom. The average Bonchev–Trinajstić information content (AvgIpc) is 2.61. The summed E-state index contributed by atoms with van der Waals surface area (Å²) in [5.74, 6) is 1.30. The minimum absolute atomic E-state index is 0.0386. The molecule has 1 aliphatic carbocycles. The van der Waals surface area contributed by atoms with E-state index in [1.54, 1.807) is 10.8 Å². The molecular weight excluding hydrogens is 355 g/mol. The number of pyridine rings is 1. The maximum Gasteiger partial charge on any atom is 0.252 e. The summed E-state index contributed by atoms with van der Waals surface area (Å²) < 4.78 is 14.9. The molecule has 1 aliphatic rings. The molecule has 2 aromatic heterocycles. The predicted octanol–water partition coefficient (Wildman–Crippen LogP) is 4.56. The molecule has 0 amide bonds. The fourth-order valence-corrected chi connectivity index (χ4v) is 3.90. The van der Waals surface area contributed by atoms with Gasteiger partial charge in [0.2, 0.25) is 0 Å². The SMILES string of the molecule is Cc1nc(N[C@H](C)c2cccc(C)c2C)c2cn(C3CC(F)C3)c(=O)cc2n1. The van der Waals surface area contributed by atoms with Crippen LogP contribution in [0.25, 0.3) is 10.9 Å². The second-order valence-electron chi connectivity index (χ2n) is 7.81. The van der Waals surface area contributed by atoms with Crippen molar-refractivity contribution in [2.24, 2.45) is 0 Å². The topological polar surface area (TPSA) is 59.8 Å². The Hall–Kier alpha value is -2.76. The molecule has 6 heteroatoms. The van der Waals surface area contributed by atoms with Crippen LogP contribution < -0.4 is 10.9 Å². The highest BCUT2D eigenvalue weighted by atomic mass is 19.1. The average molecular weight is 380 g/mol. The van der Waals surface area contributed by atoms with Gasteiger partial charge in [0.25, 0.3) is 5.56 Å². The first-order valence-corrected chi connectivity index (χ1v) is 9.70. The zero-order valence-electron chi connectivity index (χ0n) is 16.7. The summed E-state index contributed by atoms with van der Waals surface area (Å²) in [6.45, 7) is 8.14. The molecule has 146 valence electrons. The first kappa shape index (κ1) is 18.6. The van der Waals surface area contributed by atoms with Crippen LogP contribution in [0.1, 0.15) is 54.4 Å². The molecule has 0 bridgehead atoms. The van der Waals surface area contributed by atoms with Gasteiger partial charge in [0, 0.05) is 18.3 Å². The summed E-state index contributed by atoms with van der Waals surface area (Å²) in [5, 5.41) is 4.28. The molecule has 0 aliphatic heterocycles. The smallest absolute Gasteiger partial charge is 0.252 e. The molecule has 1 saturated carbocycles. The van der Waals surface area contributed by atoms with Crippen molar-refractivity contribution in [3.8, 4) is 0 Å². The molecule has 0 spiro atoms. The van der Waals surface area contributed by atoms with Crippen LogP contribution in [-0.4, -0.2) is 20.7 Å². The van der Waals surface area contributed by atoms with E-state index in [9.17, 15) is 9.18 Å². The van der Waals surface area contributed by atoms with Crippen LogP contribution in [0.3, 0.4) is 0 Å². The standard InChI is InChI=1S/C22H25FN4O/c1-12-6-5-7-18(13(12)2)14(3)24-22-19-11-27(17-8-16(23)9-17)21(28)10-20(19)25-15(4)26-22/h5-7,10-11,14,16-17H,8-9H2,1-4H3,(H,24,25,26)/t14-,16?,17?/m1/s1. The Kier molecular flexibility index (Phi) is 4.65. The Labute approximate surface area is 163 Å². The van der Waals surface area contributed by atoms with Gasteiger partial charge in [-0.15, -0.1) is 0 Å². The lowest BCUT2D eigenvalue weighted by Crippen LogP contribution is -2.34. The largest absolute Gasteiger partial charge is 0.363 e. The Morgan fingerprint density at radius 1 is 1.21 bits per heavy atom. The molecule has 1 fully saturated rings. The van der Waals surface area contributed by atoms with Crippen molar-refractivity contribution in [2.75, 3.05) is 5.32 Å². The van der Waals surface area contributed by atoms with Crippen molar-refractivity contribution in [2.45, 2.75) is 58.8 Å². The molecule has 0 radical (unpaired) electrons. The molecule has 5 nitrogen and oxygen atoms in total. The second-order valence-corrected chi connectivity index (χ2v) is 7.81. The van der Waals surface area contributed by atoms with Crippen molar-refractivity contribution >= 4 is 16.7 Å². The maximum absolute atomic E-state index is 13.3. The monoisotopic (exact) mass is 380 g/mol. The number of benzene rings is 1. The number of rotatable bonds is 4. The summed E-state index contributed by atoms with van der Waals surface area (Å²) in [6.07, 6.45) is 1.74. The third-order valence-electron chi connectivity index (χ3n) is 5.79. The van der Waals surface area contributed by atoms with E-state index in [-0.39, 0.29) is 17.6 Å². The van der Waals surface area contributed by atoms with Gasteiger partial charge in [-0.2, -0.15) is 0 Å². The fourth-order valence-electron chi connectivity index (χ4n) is 3.90. The summed E-state index contributed by atoms with van der Waals surface area (Å²) in [5.41, 5.74) is 4.17. The summed E-state index contributed by atoms with van der Waals surface area (Å²) in [4.78, 5) is 21.5. The van der Waals surface area contributed by atoms with Crippen molar-refractivity contribution in [3.05, 3.63) is 63.3 Å². The highest BCUT2D eigenvalue weighted by Crippen LogP contribution is 2.34. The number of halogens is 1. The highest BCUT2D eigenvalue weighted by molar-refractivity contribution is 5.88. The summed E-state index contributed by atoms with van der Waals surface area (Å²) >= 11 is 0. The van der Waals surface area contributed by atoms with E-state index in [1.165, 1.54) is 22.8 Å². The molecular formula is C22H25FN4O. The van der Waals surface area contributed by atoms with Gasteiger partial charge >= 0.3 is 0 Å². The van der Waals surface area contributed by atoms with E-state index >= 15 is 0 Å². The lowest BCUT2D eigenvalue weighted by molar-refractivity contribution is 0.134. The van der Waals surface area contributed by atoms with Crippen LogP contribution in [0.2, 0.25) is 0 Å². The Bertz CT molecular complexity index is 1100. The number of alkyl halides is 1. The number of hydrogen-bond donors (Lipinski definition) is 1. The molecule has 3 aromatic rings. The Balaban J connectivity index is 1.76. The van der Waals surface area contributed by atoms with E-state index in [1.807, 2.05) is 6.92 Å². The lowest BCUT2D eigenvalue weighted by atomic mass is 9.90. The van der Waals surface area contributed by atoms with Crippen LogP contribution in [0, 0.1) is 20.8 Å². The zero-order chi connectivity index (χ0) is 20.0. The summed E-state index contributed by atoms with van der Waals surface area (Å²) in [7, 11) is 0. The number of fused-ring (bicyclic) bond motifs is 1. The van der Waals surface area contributed by atoms with Gasteiger partial charge in [0.05, 0.1) is 16.9 Å². The van der Waals surface area contributed by atoms with Crippen LogP contribution in [-0.2, 0) is 0 Å². The lowest BCUT2D eigenvalue weighted by Gasteiger charge is -2.31. The van der Waals surface area contributed by atoms with Crippen molar-refractivity contribution in [1.29, 1.82) is 0 Å². The molecule has 2 heterocycles. The van der Waals surface area contributed by atoms with Gasteiger partial charge in [-0.25, -0.2) is 14.4 Å². The number of anilines is 1. The number of aromatic nitrogens is 3. The number of nitrogens with one attached hydrogen (secondary N) is 1. The minimum atomic E-state index is -0.816. The van der Waals surface area contributed by atoms with Gasteiger partial charge in [-0.3, -0.25) is 4.79 Å². The van der Waals surface area contributed by atoms with Crippen LogP contribution >= 0.6 is 0 Å². The van der Waals surface area contributed by atoms with E-state index in [4.69, 9.17) is 0 Å². The summed E-state index contributed by atoms with van der Waals surface area (Å²) in [6, 6.07) is 7.76. The van der Waals surface area contributed by atoms with E-state index in [0.29, 0.717) is 30.0 Å². The minimum Gasteiger partial charge on any atom is -0.363 e. The number of aryl methyl sites for hydroxylation is 2. The highest BCUT2D eigenvalue weighted by Gasteiger charge is 2.31. The van der Waals surface area contributed by atoms with E-state index < -0.39 is 6.17 Å². The molecule has 0 unspecified atom stereocenters. The molecule has 1 N–H and O–H groups in total. The third-order valence-corrected chi connectivity index (χ3v) is 5.79. The number of nitrogens with zero attached hydrogens (tertiary/aromatic N) is 3. The van der Waals surface area contributed by atoms with Crippen LogP contribution in [0.5, 0.6) is 0 Å². The molecule has 4 rings (SSSR count). The van der Waals surface area contributed by atoms with Crippen molar-refractivity contribution in [1.82, 2.24) is 14.5 Å². The zero-order valence-corrected chi connectivity index (χ0v) is 16.7. The fraction of sp³-hybridized carbons (Fsp3) is 0.409. The molecule has 0 saturated heterocycles. The quantitative estimate of drug-likeness (QED) is 0.721. The van der Waals surface area contributed by atoms with Crippen molar-refractivity contribution in [3.63, 3.8) is 0 Å². The van der Waals surface area contributed by atoms with Crippen molar-refractivity contribution < 1.29 is 4.39 Å². The first-order valence-electron chi connectivity index (χ1n) is 9.70. The normalized spacial score (nSPS) is 20.0. The molecule has 1 aromatic carbocycles. The molecule has 28 heavy (non-hydrogen) atoms. The second kappa shape index (κ2) is 7.00. The van der Waals surface area contributed by atoms with Gasteiger partial charge in [-0.1, -0.05) is 18.2 Å². The number of hydrogen-bond acceptors (Lipinski definition) is 4. The van der Waals surface area contributed by atoms with Crippen LogP contribution in [0.15, 0.2) is 35.3 Å². The van der Waals surface area contributed by atoms with Gasteiger partial charge in [-0.05, 0) is 57.2 Å². The predicted molar refractivity (Wildman–Crippen MR) is 110 cm³/mol. The van der Waals surface area contributed by atoms with Crippen LogP contribution in [0.4, 0.5) is 10.2 Å². The van der Waals surface area contributed by atoms with Gasteiger partial charge in [0.1, 0.15) is 17.8 Å². The molecule has 1 atom stereocenters. The maximum atomic E-state index is 13.3. The van der Waals surface area contributed by atoms with E-state index in [0.717, 1.165) is 5.39 Å². The Morgan fingerprint density at radius 2 is 1.96 bits per heavy atom. The first-order chi connectivity index (χ1) is 13.3. The third kappa shape index (κ3) is 3.28. The van der Waals surface area contributed by atoms with Gasteiger partial charge < -0.3 is 9.88 Å². The van der Waals surface area contributed by atoms with E-state index in [2.05, 4.69) is 54.3 Å².